The summed E-state index contributed by atoms with van der Waals surface area (Å²) < 4.78 is 5.08. The van der Waals surface area contributed by atoms with Crippen molar-refractivity contribution in [1.82, 2.24) is 0 Å². The molecule has 1 aromatic rings. The minimum Gasteiger partial charge on any atom is -0.495 e. The van der Waals surface area contributed by atoms with E-state index in [1.807, 2.05) is 18.2 Å². The van der Waals surface area contributed by atoms with Crippen molar-refractivity contribution in [1.29, 1.82) is 0 Å². The maximum atomic E-state index is 8.64. The number of methoxy groups -OCH3 is 1. The summed E-state index contributed by atoms with van der Waals surface area (Å²) in [7, 11) is 1.61. The normalized spacial score (nSPS) is 10.3. The van der Waals surface area contributed by atoms with Gasteiger partial charge in [-0.3, -0.25) is 0 Å². The minimum absolute atomic E-state index is 0.281. The molecule has 0 unspecified atom stereocenters. The summed E-state index contributed by atoms with van der Waals surface area (Å²) in [6, 6.07) is 5.87. The Labute approximate surface area is 95.8 Å². The second-order valence-corrected chi connectivity index (χ2v) is 3.91. The third-order valence-electron chi connectivity index (χ3n) is 2.34. The van der Waals surface area contributed by atoms with Crippen LogP contribution < -0.4 is 4.74 Å². The molecule has 84 valence electrons. The van der Waals surface area contributed by atoms with Crippen LogP contribution in [0.2, 0.25) is 5.02 Å². The van der Waals surface area contributed by atoms with Crippen molar-refractivity contribution in [2.45, 2.75) is 25.7 Å². The SMILES string of the molecule is COc1ccc(CCCCCO)cc1Cl. The lowest BCUT2D eigenvalue weighted by molar-refractivity contribution is 0.283. The van der Waals surface area contributed by atoms with E-state index in [4.69, 9.17) is 21.4 Å². The molecule has 1 N–H and O–H groups in total. The van der Waals surface area contributed by atoms with E-state index in [0.717, 1.165) is 31.4 Å². The van der Waals surface area contributed by atoms with E-state index in [9.17, 15) is 0 Å². The van der Waals surface area contributed by atoms with Gasteiger partial charge in [-0.05, 0) is 37.0 Å². The van der Waals surface area contributed by atoms with Crippen LogP contribution in [0.1, 0.15) is 24.8 Å². The highest BCUT2D eigenvalue weighted by atomic mass is 35.5. The number of hydrogen-bond donors (Lipinski definition) is 1. The molecule has 0 aromatic heterocycles. The second kappa shape index (κ2) is 6.70. The predicted molar refractivity (Wildman–Crippen MR) is 62.6 cm³/mol. The van der Waals surface area contributed by atoms with E-state index in [0.29, 0.717) is 5.02 Å². The summed E-state index contributed by atoms with van der Waals surface area (Å²) in [4.78, 5) is 0. The summed E-state index contributed by atoms with van der Waals surface area (Å²) in [5.41, 5.74) is 1.22. The van der Waals surface area contributed by atoms with Gasteiger partial charge in [0.25, 0.3) is 0 Å². The monoisotopic (exact) mass is 228 g/mol. The third-order valence-corrected chi connectivity index (χ3v) is 2.64. The van der Waals surface area contributed by atoms with E-state index in [1.165, 1.54) is 5.56 Å². The van der Waals surface area contributed by atoms with Gasteiger partial charge in [0.05, 0.1) is 12.1 Å². The van der Waals surface area contributed by atoms with E-state index < -0.39 is 0 Å². The molecule has 0 radical (unpaired) electrons. The van der Waals surface area contributed by atoms with Crippen LogP contribution in [0.5, 0.6) is 5.75 Å². The molecule has 0 aliphatic carbocycles. The fourth-order valence-electron chi connectivity index (χ4n) is 1.48. The van der Waals surface area contributed by atoms with Crippen molar-refractivity contribution in [2.75, 3.05) is 13.7 Å². The van der Waals surface area contributed by atoms with Gasteiger partial charge in [-0.15, -0.1) is 0 Å². The summed E-state index contributed by atoms with van der Waals surface area (Å²) in [6.45, 7) is 0.281. The first-order valence-corrected chi connectivity index (χ1v) is 5.59. The van der Waals surface area contributed by atoms with Crippen LogP contribution in [-0.4, -0.2) is 18.8 Å². The van der Waals surface area contributed by atoms with Gasteiger partial charge < -0.3 is 9.84 Å². The quantitative estimate of drug-likeness (QED) is 0.759. The highest BCUT2D eigenvalue weighted by molar-refractivity contribution is 6.32. The van der Waals surface area contributed by atoms with Crippen molar-refractivity contribution in [3.8, 4) is 5.75 Å². The number of aliphatic hydroxyl groups excluding tert-OH is 1. The Morgan fingerprint density at radius 2 is 2.07 bits per heavy atom. The molecule has 3 heteroatoms. The van der Waals surface area contributed by atoms with Crippen molar-refractivity contribution < 1.29 is 9.84 Å². The Bertz CT molecular complexity index is 300. The number of ether oxygens (including phenoxy) is 1. The number of aliphatic hydroxyl groups is 1. The van der Waals surface area contributed by atoms with Crippen molar-refractivity contribution in [3.05, 3.63) is 28.8 Å². The Hall–Kier alpha value is -0.730. The lowest BCUT2D eigenvalue weighted by atomic mass is 10.1. The molecule has 2 nitrogen and oxygen atoms in total. The molecule has 0 atom stereocenters. The number of aryl methyl sites for hydroxylation is 1. The van der Waals surface area contributed by atoms with Gasteiger partial charge in [0.15, 0.2) is 0 Å². The molecule has 0 saturated heterocycles. The zero-order valence-corrected chi connectivity index (χ0v) is 9.76. The van der Waals surface area contributed by atoms with E-state index >= 15 is 0 Å². The largest absolute Gasteiger partial charge is 0.495 e. The Balaban J connectivity index is 2.45. The van der Waals surface area contributed by atoms with E-state index in [1.54, 1.807) is 7.11 Å². The molecule has 1 aromatic carbocycles. The van der Waals surface area contributed by atoms with Gasteiger partial charge in [-0.1, -0.05) is 24.1 Å². The summed E-state index contributed by atoms with van der Waals surface area (Å²) >= 11 is 6.00. The van der Waals surface area contributed by atoms with Crippen LogP contribution in [0.15, 0.2) is 18.2 Å². The zero-order valence-electron chi connectivity index (χ0n) is 9.00. The fourth-order valence-corrected chi connectivity index (χ4v) is 1.76. The molecule has 0 bridgehead atoms. The third kappa shape index (κ3) is 4.10. The van der Waals surface area contributed by atoms with Crippen LogP contribution in [0.25, 0.3) is 0 Å². The average Bonchev–Trinajstić information content (AvgIpc) is 2.25. The first-order valence-electron chi connectivity index (χ1n) is 5.21. The first kappa shape index (κ1) is 12.3. The van der Waals surface area contributed by atoms with Crippen LogP contribution in [0.3, 0.4) is 0 Å². The lowest BCUT2D eigenvalue weighted by Crippen LogP contribution is -1.90. The standard InChI is InChI=1S/C12H17ClO2/c1-15-12-7-6-10(9-11(12)13)5-3-2-4-8-14/h6-7,9,14H,2-5,8H2,1H3. The van der Waals surface area contributed by atoms with Crippen molar-refractivity contribution >= 4 is 11.6 Å². The molecule has 0 fully saturated rings. The van der Waals surface area contributed by atoms with Crippen LogP contribution in [0, 0.1) is 0 Å². The minimum atomic E-state index is 0.281. The van der Waals surface area contributed by atoms with E-state index in [-0.39, 0.29) is 6.61 Å². The molecular formula is C12H17ClO2. The molecule has 0 amide bonds. The molecule has 0 aliphatic heterocycles. The van der Waals surface area contributed by atoms with Gasteiger partial charge in [0.2, 0.25) is 0 Å². The van der Waals surface area contributed by atoms with Crippen LogP contribution in [0.4, 0.5) is 0 Å². The second-order valence-electron chi connectivity index (χ2n) is 3.50. The van der Waals surface area contributed by atoms with Crippen molar-refractivity contribution in [2.24, 2.45) is 0 Å². The van der Waals surface area contributed by atoms with Gasteiger partial charge in [-0.25, -0.2) is 0 Å². The van der Waals surface area contributed by atoms with Gasteiger partial charge in [-0.2, -0.15) is 0 Å². The summed E-state index contributed by atoms with van der Waals surface area (Å²) in [5, 5.41) is 9.30. The molecule has 15 heavy (non-hydrogen) atoms. The molecule has 0 saturated carbocycles. The number of unbranched alkanes of at least 4 members (excludes halogenated alkanes) is 2. The molecule has 0 aliphatic rings. The predicted octanol–water partition coefficient (Wildman–Crippen LogP) is 3.05. The van der Waals surface area contributed by atoms with Gasteiger partial charge >= 0.3 is 0 Å². The topological polar surface area (TPSA) is 29.5 Å². The highest BCUT2D eigenvalue weighted by Crippen LogP contribution is 2.25. The summed E-state index contributed by atoms with van der Waals surface area (Å²) in [6.07, 6.45) is 4.02. The molecule has 0 heterocycles. The first-order chi connectivity index (χ1) is 7.27. The fraction of sp³-hybridized carbons (Fsp3) is 0.500. The van der Waals surface area contributed by atoms with Gasteiger partial charge in [0.1, 0.15) is 5.75 Å². The van der Waals surface area contributed by atoms with Gasteiger partial charge in [0, 0.05) is 6.61 Å². The lowest BCUT2D eigenvalue weighted by Gasteiger charge is -2.05. The highest BCUT2D eigenvalue weighted by Gasteiger charge is 2.01. The maximum Gasteiger partial charge on any atom is 0.137 e. The number of hydrogen-bond acceptors (Lipinski definition) is 2. The molecule has 0 spiro atoms. The van der Waals surface area contributed by atoms with Crippen LogP contribution in [-0.2, 0) is 6.42 Å². The summed E-state index contributed by atoms with van der Waals surface area (Å²) in [5.74, 6) is 0.718. The average molecular weight is 229 g/mol. The molecular weight excluding hydrogens is 212 g/mol. The Morgan fingerprint density at radius 3 is 2.67 bits per heavy atom. The van der Waals surface area contributed by atoms with Crippen LogP contribution >= 0.6 is 11.6 Å². The Kier molecular flexibility index (Phi) is 5.51. The van der Waals surface area contributed by atoms with Crippen molar-refractivity contribution in [3.63, 3.8) is 0 Å². The molecule has 1 rings (SSSR count). The van der Waals surface area contributed by atoms with E-state index in [2.05, 4.69) is 0 Å². The number of rotatable bonds is 6. The smallest absolute Gasteiger partial charge is 0.137 e. The number of benzene rings is 1. The maximum absolute atomic E-state index is 8.64. The number of halogens is 1. The Morgan fingerprint density at radius 1 is 1.27 bits per heavy atom. The zero-order chi connectivity index (χ0) is 11.1.